The molecule has 0 spiro atoms. The molecule has 0 heterocycles. The maximum Gasteiger partial charge on any atom is 0.312 e. The minimum absolute atomic E-state index is 0.127. The number of carbonyl (C=O) groups is 5. The van der Waals surface area contributed by atoms with Crippen LogP contribution in [-0.2, 0) is 83.7 Å². The van der Waals surface area contributed by atoms with Crippen LogP contribution in [-0.4, -0.2) is 113 Å². The second-order valence-electron chi connectivity index (χ2n) is 44.1. The Hall–Kier alpha value is -7.83. The van der Waals surface area contributed by atoms with Crippen LogP contribution in [0.15, 0.2) is 135 Å². The summed E-state index contributed by atoms with van der Waals surface area (Å²) in [7, 11) is 1.42. The van der Waals surface area contributed by atoms with Crippen molar-refractivity contribution in [3.63, 3.8) is 0 Å². The summed E-state index contributed by atoms with van der Waals surface area (Å²) in [6.45, 7) is 94.2. The van der Waals surface area contributed by atoms with Crippen LogP contribution in [0, 0.1) is 77.3 Å². The van der Waals surface area contributed by atoms with Crippen LogP contribution in [0.2, 0.25) is 0 Å². The van der Waals surface area contributed by atoms with Gasteiger partial charge in [-0.25, -0.2) is 34.4 Å². The first-order valence-electron chi connectivity index (χ1n) is 42.9. The predicted octanol–water partition coefficient (Wildman–Crippen LogP) is 26.5. The smallest absolute Gasteiger partial charge is 0.312 e. The van der Waals surface area contributed by atoms with E-state index in [0.717, 1.165) is 6.42 Å². The van der Waals surface area contributed by atoms with E-state index in [2.05, 4.69) is 303 Å². The van der Waals surface area contributed by atoms with Crippen LogP contribution in [0.25, 0.3) is 0 Å². The summed E-state index contributed by atoms with van der Waals surface area (Å²) >= 11 is 4.41. The Kier molecular flexibility index (Phi) is 52.5. The lowest BCUT2D eigenvalue weighted by Crippen LogP contribution is -2.39. The van der Waals surface area contributed by atoms with E-state index in [4.69, 9.17) is 18.9 Å². The van der Waals surface area contributed by atoms with E-state index >= 15 is 0 Å². The molecule has 17 nitrogen and oxygen atoms in total. The maximum atomic E-state index is 11.8. The van der Waals surface area contributed by atoms with Gasteiger partial charge >= 0.3 is 29.8 Å². The highest BCUT2D eigenvalue weighted by Crippen LogP contribution is 2.46. The second-order valence-corrected chi connectivity index (χ2v) is 44.3. The summed E-state index contributed by atoms with van der Waals surface area (Å²) in [6.07, 6.45) is 5.00. The van der Waals surface area contributed by atoms with E-state index in [1.165, 1.54) is 53.2 Å². The highest BCUT2D eigenvalue weighted by Gasteiger charge is 2.45. The van der Waals surface area contributed by atoms with Crippen molar-refractivity contribution in [2.24, 2.45) is 90.4 Å². The Morgan fingerprint density at radius 2 is 0.475 bits per heavy atom. The maximum absolute atomic E-state index is 11.8. The van der Waals surface area contributed by atoms with Gasteiger partial charge in [-0.3, -0.25) is 24.0 Å². The number of nitrogens with zero attached hydrogens (tertiary/aromatic N) is 4. The molecule has 0 radical (unpaired) electrons. The van der Waals surface area contributed by atoms with Gasteiger partial charge in [-0.1, -0.05) is 349 Å². The third-order valence-corrected chi connectivity index (χ3v) is 27.1. The number of hydrogen-bond donors (Lipinski definition) is 0. The Balaban J connectivity index is -0.000000422. The fraction of sp³-hybridized carbons (Fsp3) is 0.683. The summed E-state index contributed by atoms with van der Waals surface area (Å²) in [4.78, 5) is 101. The fourth-order valence-electron chi connectivity index (χ4n) is 8.55. The average Bonchev–Trinajstić information content (AvgIpc) is 0.792. The molecule has 0 atom stereocenters. The van der Waals surface area contributed by atoms with Crippen LogP contribution in [0.1, 0.15) is 332 Å². The molecular weight excluding hydrogens is 1550 g/mol. The molecule has 0 amide bonds. The van der Waals surface area contributed by atoms with E-state index in [0.29, 0.717) is 28.2 Å². The van der Waals surface area contributed by atoms with Crippen molar-refractivity contribution < 1.29 is 62.0 Å². The van der Waals surface area contributed by atoms with Crippen molar-refractivity contribution in [1.82, 2.24) is 0 Å². The number of hydrogen-bond acceptors (Lipinski definition) is 18. The first kappa shape index (κ1) is 123. The number of thiocarbonyl (C=S) groups is 1. The predicted molar refractivity (Wildman–Crippen MR) is 512 cm³/mol. The molecule has 0 aromatic heterocycles. The number of ether oxygens (including phenoxy) is 5. The lowest BCUT2D eigenvalue weighted by Gasteiger charge is -2.39. The van der Waals surface area contributed by atoms with Crippen LogP contribution < -0.4 is 0 Å². The summed E-state index contributed by atoms with van der Waals surface area (Å²) in [5.74, 6) is -1.14. The molecule has 4 rings (SSSR count). The third-order valence-electron chi connectivity index (χ3n) is 26.9. The molecule has 4 aromatic carbocycles. The van der Waals surface area contributed by atoms with Crippen molar-refractivity contribution >= 4 is 65.5 Å². The lowest BCUT2D eigenvalue weighted by atomic mass is 9.65. The minimum Gasteiger partial charge on any atom is -0.469 e. The number of aryl methyl sites for hydroxylation is 1. The van der Waals surface area contributed by atoms with Gasteiger partial charge < -0.3 is 23.7 Å². The number of isocyanates is 3. The number of isothiocyanates is 1. The number of carbonyl (C=O) groups excluding carboxylic acids is 8. The quantitative estimate of drug-likeness (QED) is 0.0178. The zero-order chi connectivity index (χ0) is 97.3. The molecule has 0 aliphatic rings. The highest BCUT2D eigenvalue weighted by atomic mass is 32.1. The number of esters is 5. The molecule has 0 N–H and O–H groups in total. The number of methoxy groups -OCH3 is 1. The standard InChI is InChI=1S/C14H22.3C13H20.3C11H19NO3.C11H19NO2S.C7H14O2/c1-11-7-9-12(10-8-11)14(5,6)13(2,3)4;3*1-12(2,3)13(4,5)11-9-7-6-8-10-11;3*1-10(2,3)11(4,5)9(14)15-7-6-12-8-13;1-10(2,3)11(4,5)9(13)14-7-6-12-8-15;1-5-7(2,3)6(8)9-4/h7-10H,1-6H3;3*6-10H,1-5H3;4*6-7H2,1-5H3;5H2,1-4H3. The second kappa shape index (κ2) is 52.2. The zero-order valence-electron chi connectivity index (χ0n) is 85.3. The molecule has 0 saturated heterocycles. The van der Waals surface area contributed by atoms with E-state index in [1.54, 1.807) is 0 Å². The largest absolute Gasteiger partial charge is 0.469 e. The van der Waals surface area contributed by atoms with Gasteiger partial charge in [0.25, 0.3) is 0 Å². The van der Waals surface area contributed by atoms with Crippen LogP contribution in [0.4, 0.5) is 0 Å². The Labute approximate surface area is 749 Å². The summed E-state index contributed by atoms with van der Waals surface area (Å²) in [5, 5.41) is 2.23. The molecule has 0 aliphatic carbocycles. The SMILES string of the molecule is CC(C)(C)C(C)(C)C(=O)OCCN=C=O.CC(C)(C)C(C)(C)C(=O)OCCN=C=O.CC(C)(C)C(C)(C)C(=O)OCCN=C=O.CC(C)(C)C(C)(C)C(=O)OCCN=C=S.CC(C)(C)C(C)(C)c1ccccc1.CC(C)(C)C(C)(C)c1ccccc1.CC(C)(C)C(C)(C)c1ccccc1.CCC(C)(C)C(=O)OC.Cc1ccc(C(C)(C)C(C)(C)C)cc1. The van der Waals surface area contributed by atoms with Gasteiger partial charge in [0.05, 0.1) is 65.5 Å². The van der Waals surface area contributed by atoms with E-state index in [-0.39, 0.29) is 125 Å². The van der Waals surface area contributed by atoms with Gasteiger partial charge in [-0.15, -0.1) is 0 Å². The van der Waals surface area contributed by atoms with E-state index in [9.17, 15) is 38.4 Å². The van der Waals surface area contributed by atoms with Crippen molar-refractivity contribution in [1.29, 1.82) is 0 Å². The van der Waals surface area contributed by atoms with Crippen molar-refractivity contribution in [3.8, 4) is 0 Å². The summed E-state index contributed by atoms with van der Waals surface area (Å²) < 4.78 is 24.8. The normalized spacial score (nSPS) is 12.3. The topological polar surface area (TPSA) is 232 Å². The van der Waals surface area contributed by atoms with Crippen LogP contribution in [0.5, 0.6) is 0 Å². The molecule has 0 unspecified atom stereocenters. The molecule has 0 bridgehead atoms. The lowest BCUT2D eigenvalue weighted by molar-refractivity contribution is -0.160. The van der Waals surface area contributed by atoms with E-state index in [1.807, 2.05) is 159 Å². The van der Waals surface area contributed by atoms with Gasteiger partial charge in [0.2, 0.25) is 18.2 Å². The minimum atomic E-state index is -0.558. The monoisotopic (exact) mass is 1720 g/mol. The molecule has 0 saturated carbocycles. The van der Waals surface area contributed by atoms with Crippen molar-refractivity contribution in [2.45, 2.75) is 333 Å². The Morgan fingerprint density at radius 3 is 0.623 bits per heavy atom. The molecule has 4 aromatic rings. The summed E-state index contributed by atoms with van der Waals surface area (Å²) in [5.41, 5.74) is 6.00. The molecule has 122 heavy (non-hydrogen) atoms. The summed E-state index contributed by atoms with van der Waals surface area (Å²) in [6, 6.07) is 41.1. The van der Waals surface area contributed by atoms with Gasteiger partial charge in [0.1, 0.15) is 26.4 Å². The molecular formula is C104H172N4O13S. The number of aliphatic imine (C=N–C) groups is 4. The van der Waals surface area contributed by atoms with Crippen LogP contribution in [0.3, 0.4) is 0 Å². The van der Waals surface area contributed by atoms with Gasteiger partial charge in [0, 0.05) is 0 Å². The number of benzene rings is 4. The Morgan fingerprint density at radius 1 is 0.287 bits per heavy atom. The number of rotatable bonds is 22. The average molecular weight is 1720 g/mol. The van der Waals surface area contributed by atoms with Gasteiger partial charge in [-0.2, -0.15) is 0 Å². The third kappa shape index (κ3) is 42.2. The molecule has 692 valence electrons. The molecule has 18 heteroatoms. The van der Waals surface area contributed by atoms with Gasteiger partial charge in [0.15, 0.2) is 0 Å². The fourth-order valence-corrected chi connectivity index (χ4v) is 8.64. The Bertz CT molecular complexity index is 3520. The van der Waals surface area contributed by atoms with E-state index < -0.39 is 21.7 Å². The first-order chi connectivity index (χ1) is 54.8. The van der Waals surface area contributed by atoms with Crippen molar-refractivity contribution in [3.05, 3.63) is 143 Å². The van der Waals surface area contributed by atoms with Crippen molar-refractivity contribution in [2.75, 3.05) is 59.7 Å². The zero-order valence-corrected chi connectivity index (χ0v) is 86.2. The molecule has 0 aliphatic heterocycles. The highest BCUT2D eigenvalue weighted by molar-refractivity contribution is 7.78. The first-order valence-corrected chi connectivity index (χ1v) is 43.4. The van der Waals surface area contributed by atoms with Crippen LogP contribution >= 0.6 is 12.2 Å². The van der Waals surface area contributed by atoms with Gasteiger partial charge in [-0.05, 0) is 182 Å². The molecule has 0 fully saturated rings.